The Morgan fingerprint density at radius 3 is 2.42 bits per heavy atom. The van der Waals surface area contributed by atoms with Crippen molar-refractivity contribution in [3.05, 3.63) is 83.9 Å². The van der Waals surface area contributed by atoms with Crippen LogP contribution in [0.2, 0.25) is 0 Å². The van der Waals surface area contributed by atoms with Gasteiger partial charge in [-0.25, -0.2) is 13.9 Å². The summed E-state index contributed by atoms with van der Waals surface area (Å²) in [6.07, 6.45) is 1.98. The zero-order valence-corrected chi connectivity index (χ0v) is 18.1. The SMILES string of the molecule is Cc1ccc2c(oc3nc(C(C)C)ccc32)c1-c1c(-c2ccccc2F)ccc[n+]1C. The molecule has 4 heteroatoms. The highest BCUT2D eigenvalue weighted by molar-refractivity contribution is 6.09. The average molecular weight is 412 g/mol. The largest absolute Gasteiger partial charge is 0.437 e. The molecule has 0 saturated carbocycles. The molecule has 0 aliphatic rings. The van der Waals surface area contributed by atoms with Gasteiger partial charge in [0.15, 0.2) is 11.8 Å². The molecule has 3 nitrogen and oxygen atoms in total. The van der Waals surface area contributed by atoms with Crippen LogP contribution in [-0.2, 0) is 7.05 Å². The molecule has 5 aromatic rings. The van der Waals surface area contributed by atoms with Crippen molar-refractivity contribution in [2.24, 2.45) is 7.05 Å². The first-order chi connectivity index (χ1) is 15.0. The van der Waals surface area contributed by atoms with Crippen molar-refractivity contribution in [1.29, 1.82) is 0 Å². The van der Waals surface area contributed by atoms with E-state index >= 15 is 0 Å². The average Bonchev–Trinajstić information content (AvgIpc) is 3.12. The minimum absolute atomic E-state index is 0.243. The zero-order valence-electron chi connectivity index (χ0n) is 18.1. The second-order valence-corrected chi connectivity index (χ2v) is 8.34. The summed E-state index contributed by atoms with van der Waals surface area (Å²) in [6.45, 7) is 6.31. The molecule has 154 valence electrons. The molecule has 0 radical (unpaired) electrons. The number of fused-ring (bicyclic) bond motifs is 3. The highest BCUT2D eigenvalue weighted by atomic mass is 19.1. The maximum atomic E-state index is 14.8. The molecule has 0 N–H and O–H groups in total. The first-order valence-electron chi connectivity index (χ1n) is 10.5. The molecule has 3 aromatic heterocycles. The fraction of sp³-hybridized carbons (Fsp3) is 0.185. The Bertz CT molecular complexity index is 1450. The van der Waals surface area contributed by atoms with Gasteiger partial charge >= 0.3 is 0 Å². The van der Waals surface area contributed by atoms with Gasteiger partial charge in [0.1, 0.15) is 12.9 Å². The van der Waals surface area contributed by atoms with Gasteiger partial charge in [0.25, 0.3) is 0 Å². The number of pyridine rings is 2. The highest BCUT2D eigenvalue weighted by Crippen LogP contribution is 2.40. The molecular weight excluding hydrogens is 387 g/mol. The van der Waals surface area contributed by atoms with Gasteiger partial charge in [0, 0.05) is 28.1 Å². The summed E-state index contributed by atoms with van der Waals surface area (Å²) >= 11 is 0. The molecule has 3 heterocycles. The van der Waals surface area contributed by atoms with Crippen LogP contribution in [0.5, 0.6) is 0 Å². The number of furan rings is 1. The molecule has 0 amide bonds. The third-order valence-electron chi connectivity index (χ3n) is 5.91. The van der Waals surface area contributed by atoms with Crippen LogP contribution in [0, 0.1) is 12.7 Å². The number of halogens is 1. The summed E-state index contributed by atoms with van der Waals surface area (Å²) in [5.74, 6) is 0.0750. The number of benzene rings is 2. The smallest absolute Gasteiger partial charge is 0.227 e. The van der Waals surface area contributed by atoms with Crippen molar-refractivity contribution in [1.82, 2.24) is 4.98 Å². The van der Waals surface area contributed by atoms with Crippen LogP contribution in [-0.4, -0.2) is 4.98 Å². The minimum atomic E-state index is -0.243. The second-order valence-electron chi connectivity index (χ2n) is 8.34. The number of hydrogen-bond donors (Lipinski definition) is 0. The molecule has 0 saturated heterocycles. The summed E-state index contributed by atoms with van der Waals surface area (Å²) in [4.78, 5) is 4.76. The first kappa shape index (κ1) is 19.4. The van der Waals surface area contributed by atoms with E-state index < -0.39 is 0 Å². The Labute approximate surface area is 180 Å². The molecule has 5 rings (SSSR count). The zero-order chi connectivity index (χ0) is 21.7. The fourth-order valence-corrected chi connectivity index (χ4v) is 4.27. The van der Waals surface area contributed by atoms with Crippen molar-refractivity contribution < 1.29 is 13.4 Å². The van der Waals surface area contributed by atoms with Crippen molar-refractivity contribution in [2.75, 3.05) is 0 Å². The van der Waals surface area contributed by atoms with Crippen LogP contribution in [0.4, 0.5) is 4.39 Å². The van der Waals surface area contributed by atoms with Crippen LogP contribution in [0.25, 0.3) is 44.5 Å². The number of aromatic nitrogens is 2. The van der Waals surface area contributed by atoms with Crippen LogP contribution in [0.15, 0.2) is 71.3 Å². The van der Waals surface area contributed by atoms with E-state index in [1.54, 1.807) is 6.07 Å². The molecule has 0 aliphatic heterocycles. The number of rotatable bonds is 3. The standard InChI is InChI=1S/C27H24FN2O/c1-16(2)23-14-13-21-20-12-11-17(3)24(26(20)31-27(21)29-23)25-19(9-7-15-30(25)4)18-8-5-6-10-22(18)28/h5-16H,1-4H3/q+1. The van der Waals surface area contributed by atoms with Gasteiger partial charge < -0.3 is 4.42 Å². The van der Waals surface area contributed by atoms with Gasteiger partial charge in [-0.15, -0.1) is 0 Å². The van der Waals surface area contributed by atoms with Gasteiger partial charge in [0.2, 0.25) is 11.4 Å². The van der Waals surface area contributed by atoms with E-state index in [0.29, 0.717) is 17.2 Å². The van der Waals surface area contributed by atoms with E-state index in [0.717, 1.165) is 44.4 Å². The van der Waals surface area contributed by atoms with Gasteiger partial charge in [-0.05, 0) is 42.7 Å². The van der Waals surface area contributed by atoms with Crippen molar-refractivity contribution >= 4 is 22.1 Å². The minimum Gasteiger partial charge on any atom is -0.437 e. The van der Waals surface area contributed by atoms with Gasteiger partial charge in [-0.2, -0.15) is 0 Å². The van der Waals surface area contributed by atoms with Crippen LogP contribution < -0.4 is 4.57 Å². The number of nitrogens with zero attached hydrogens (tertiary/aromatic N) is 2. The Balaban J connectivity index is 1.87. The second kappa shape index (κ2) is 7.31. The third kappa shape index (κ3) is 3.10. The van der Waals surface area contributed by atoms with E-state index in [-0.39, 0.29) is 5.82 Å². The Kier molecular flexibility index (Phi) is 4.58. The Morgan fingerprint density at radius 1 is 0.903 bits per heavy atom. The summed E-state index contributed by atoms with van der Waals surface area (Å²) in [6, 6.07) is 19.1. The summed E-state index contributed by atoms with van der Waals surface area (Å²) in [5.41, 5.74) is 6.76. The molecule has 0 aliphatic carbocycles. The molecule has 0 spiro atoms. The molecule has 0 fully saturated rings. The lowest BCUT2D eigenvalue weighted by molar-refractivity contribution is -0.659. The molecular formula is C27H24FN2O+. The quantitative estimate of drug-likeness (QED) is 0.309. The lowest BCUT2D eigenvalue weighted by Crippen LogP contribution is -2.31. The summed E-state index contributed by atoms with van der Waals surface area (Å²) in [5, 5.41) is 2.01. The Hall–Kier alpha value is -3.53. The number of aryl methyl sites for hydroxylation is 2. The van der Waals surface area contributed by atoms with E-state index in [1.807, 2.05) is 42.1 Å². The van der Waals surface area contributed by atoms with Crippen molar-refractivity contribution in [3.63, 3.8) is 0 Å². The van der Waals surface area contributed by atoms with Crippen LogP contribution in [0.1, 0.15) is 31.0 Å². The fourth-order valence-electron chi connectivity index (χ4n) is 4.27. The van der Waals surface area contributed by atoms with E-state index in [1.165, 1.54) is 6.07 Å². The molecule has 0 atom stereocenters. The normalized spacial score (nSPS) is 11.7. The molecule has 0 bridgehead atoms. The summed E-state index contributed by atoms with van der Waals surface area (Å²) in [7, 11) is 1.98. The van der Waals surface area contributed by atoms with E-state index in [4.69, 9.17) is 9.40 Å². The van der Waals surface area contributed by atoms with Crippen LogP contribution in [0.3, 0.4) is 0 Å². The van der Waals surface area contributed by atoms with Crippen molar-refractivity contribution in [3.8, 4) is 22.4 Å². The monoisotopic (exact) mass is 411 g/mol. The van der Waals surface area contributed by atoms with Gasteiger partial charge in [0.05, 0.1) is 11.1 Å². The van der Waals surface area contributed by atoms with Gasteiger partial charge in [-0.1, -0.05) is 44.2 Å². The predicted octanol–water partition coefficient (Wildman–Crippen LogP) is 6.71. The topological polar surface area (TPSA) is 29.9 Å². The van der Waals surface area contributed by atoms with Gasteiger partial charge in [-0.3, -0.25) is 0 Å². The first-order valence-corrected chi connectivity index (χ1v) is 10.5. The van der Waals surface area contributed by atoms with Crippen LogP contribution >= 0.6 is 0 Å². The predicted molar refractivity (Wildman–Crippen MR) is 122 cm³/mol. The molecule has 31 heavy (non-hydrogen) atoms. The molecule has 2 aromatic carbocycles. The number of hydrogen-bond acceptors (Lipinski definition) is 2. The lowest BCUT2D eigenvalue weighted by atomic mass is 9.94. The maximum absolute atomic E-state index is 14.8. The lowest BCUT2D eigenvalue weighted by Gasteiger charge is -2.11. The van der Waals surface area contributed by atoms with E-state index in [9.17, 15) is 4.39 Å². The highest BCUT2D eigenvalue weighted by Gasteiger charge is 2.26. The molecule has 0 unspecified atom stereocenters. The summed E-state index contributed by atoms with van der Waals surface area (Å²) < 4.78 is 23.2. The van der Waals surface area contributed by atoms with Crippen molar-refractivity contribution in [2.45, 2.75) is 26.7 Å². The third-order valence-corrected chi connectivity index (χ3v) is 5.91. The van der Waals surface area contributed by atoms with E-state index in [2.05, 4.69) is 45.0 Å². The maximum Gasteiger partial charge on any atom is 0.227 e. The Morgan fingerprint density at radius 2 is 1.65 bits per heavy atom.